The summed E-state index contributed by atoms with van der Waals surface area (Å²) in [6.45, 7) is 8.83. The van der Waals surface area contributed by atoms with Gasteiger partial charge >= 0.3 is 0 Å². The Balaban J connectivity index is 2.46. The second kappa shape index (κ2) is 5.88. The van der Waals surface area contributed by atoms with Crippen LogP contribution in [-0.2, 0) is 4.79 Å². The summed E-state index contributed by atoms with van der Waals surface area (Å²) in [6.07, 6.45) is 7.01. The maximum atomic E-state index is 12.2. The number of rotatable bonds is 3. The minimum atomic E-state index is 0.225. The number of carbonyl (C=O) groups excluding carboxylic acids is 1. The summed E-state index contributed by atoms with van der Waals surface area (Å²) in [5.41, 5.74) is 0.225. The van der Waals surface area contributed by atoms with Crippen LogP contribution in [0.2, 0.25) is 0 Å². The summed E-state index contributed by atoms with van der Waals surface area (Å²) in [5, 5.41) is 0. The van der Waals surface area contributed by atoms with E-state index in [0.29, 0.717) is 24.3 Å². The first-order valence-electron chi connectivity index (χ1n) is 7.08. The van der Waals surface area contributed by atoms with Crippen molar-refractivity contribution in [1.29, 1.82) is 0 Å². The molecule has 1 amide bonds. The molecule has 0 spiro atoms. The van der Waals surface area contributed by atoms with Gasteiger partial charge in [-0.3, -0.25) is 4.79 Å². The average molecular weight is 239 g/mol. The molecule has 1 fully saturated rings. The summed E-state index contributed by atoms with van der Waals surface area (Å²) < 4.78 is 0. The molecular formula is C15H29NO. The van der Waals surface area contributed by atoms with Crippen molar-refractivity contribution in [2.45, 2.75) is 72.3 Å². The minimum absolute atomic E-state index is 0.225. The van der Waals surface area contributed by atoms with Gasteiger partial charge in [-0.25, -0.2) is 0 Å². The molecule has 100 valence electrons. The van der Waals surface area contributed by atoms with Gasteiger partial charge in [0.2, 0.25) is 5.91 Å². The molecule has 0 aromatic rings. The summed E-state index contributed by atoms with van der Waals surface area (Å²) in [6, 6.07) is 0.503. The van der Waals surface area contributed by atoms with Gasteiger partial charge < -0.3 is 4.90 Å². The van der Waals surface area contributed by atoms with E-state index < -0.39 is 0 Å². The second-order valence-corrected chi connectivity index (χ2v) is 6.77. The van der Waals surface area contributed by atoms with E-state index in [1.54, 1.807) is 0 Å². The Kier molecular flexibility index (Phi) is 5.03. The van der Waals surface area contributed by atoms with E-state index in [1.165, 1.54) is 32.1 Å². The topological polar surface area (TPSA) is 20.3 Å². The van der Waals surface area contributed by atoms with Crippen molar-refractivity contribution in [1.82, 2.24) is 4.90 Å². The Morgan fingerprint density at radius 1 is 1.24 bits per heavy atom. The minimum Gasteiger partial charge on any atom is -0.343 e. The van der Waals surface area contributed by atoms with Crippen molar-refractivity contribution >= 4 is 5.91 Å². The molecule has 0 bridgehead atoms. The molecule has 1 atom stereocenters. The van der Waals surface area contributed by atoms with Gasteiger partial charge in [0, 0.05) is 19.5 Å². The molecule has 0 aliphatic heterocycles. The highest BCUT2D eigenvalue weighted by Gasteiger charge is 2.27. The van der Waals surface area contributed by atoms with Crippen molar-refractivity contribution < 1.29 is 4.79 Å². The third-order valence-corrected chi connectivity index (χ3v) is 4.48. The first-order chi connectivity index (χ1) is 7.82. The number of nitrogens with zero attached hydrogens (tertiary/aromatic N) is 1. The van der Waals surface area contributed by atoms with Crippen molar-refractivity contribution in [2.24, 2.45) is 11.3 Å². The van der Waals surface area contributed by atoms with Crippen LogP contribution in [-0.4, -0.2) is 23.9 Å². The second-order valence-electron chi connectivity index (χ2n) is 6.77. The van der Waals surface area contributed by atoms with E-state index in [9.17, 15) is 4.79 Å². The fourth-order valence-electron chi connectivity index (χ4n) is 2.38. The zero-order valence-electron chi connectivity index (χ0n) is 12.3. The number of hydrogen-bond donors (Lipinski definition) is 0. The highest BCUT2D eigenvalue weighted by Crippen LogP contribution is 2.29. The molecule has 2 nitrogen and oxygen atoms in total. The van der Waals surface area contributed by atoms with Gasteiger partial charge in [-0.15, -0.1) is 0 Å². The third kappa shape index (κ3) is 4.33. The number of carbonyl (C=O) groups is 1. The molecular weight excluding hydrogens is 210 g/mol. The van der Waals surface area contributed by atoms with Gasteiger partial charge in [-0.1, -0.05) is 47.0 Å². The molecule has 2 heteroatoms. The van der Waals surface area contributed by atoms with Crippen LogP contribution in [0.15, 0.2) is 0 Å². The Morgan fingerprint density at radius 3 is 2.24 bits per heavy atom. The monoisotopic (exact) mass is 239 g/mol. The van der Waals surface area contributed by atoms with E-state index in [0.717, 1.165) is 0 Å². The fourth-order valence-corrected chi connectivity index (χ4v) is 2.38. The first-order valence-corrected chi connectivity index (χ1v) is 7.08. The lowest BCUT2D eigenvalue weighted by Crippen LogP contribution is -2.39. The number of amides is 1. The normalized spacial score (nSPS) is 20.1. The Hall–Kier alpha value is -0.530. The lowest BCUT2D eigenvalue weighted by molar-refractivity contribution is -0.134. The van der Waals surface area contributed by atoms with E-state index >= 15 is 0 Å². The molecule has 0 aromatic carbocycles. The maximum Gasteiger partial charge on any atom is 0.222 e. The molecule has 17 heavy (non-hydrogen) atoms. The Morgan fingerprint density at radius 2 is 1.76 bits per heavy atom. The average Bonchev–Trinajstić information content (AvgIpc) is 2.27. The van der Waals surface area contributed by atoms with Crippen molar-refractivity contribution in [3.8, 4) is 0 Å². The highest BCUT2D eigenvalue weighted by atomic mass is 16.2. The van der Waals surface area contributed by atoms with Crippen molar-refractivity contribution in [3.63, 3.8) is 0 Å². The zero-order valence-corrected chi connectivity index (χ0v) is 12.3. The zero-order chi connectivity index (χ0) is 13.1. The van der Waals surface area contributed by atoms with Crippen LogP contribution in [0.4, 0.5) is 0 Å². The molecule has 1 aliphatic carbocycles. The van der Waals surface area contributed by atoms with E-state index in [2.05, 4.69) is 27.7 Å². The van der Waals surface area contributed by atoms with Gasteiger partial charge in [0.1, 0.15) is 0 Å². The van der Waals surface area contributed by atoms with Crippen LogP contribution >= 0.6 is 0 Å². The van der Waals surface area contributed by atoms with Gasteiger partial charge in [0.05, 0.1) is 0 Å². The standard InChI is InChI=1S/C15H29NO/c1-12(15(2,3)4)11-14(17)16(5)13-9-7-6-8-10-13/h12-13H,6-11H2,1-5H3. The van der Waals surface area contributed by atoms with Gasteiger partial charge in [0.15, 0.2) is 0 Å². The van der Waals surface area contributed by atoms with E-state index in [1.807, 2.05) is 11.9 Å². The van der Waals surface area contributed by atoms with Crippen molar-refractivity contribution in [3.05, 3.63) is 0 Å². The first kappa shape index (κ1) is 14.5. The summed E-state index contributed by atoms with van der Waals surface area (Å²) in [4.78, 5) is 14.2. The molecule has 0 saturated heterocycles. The molecule has 0 heterocycles. The lowest BCUT2D eigenvalue weighted by atomic mass is 9.80. The van der Waals surface area contributed by atoms with E-state index in [4.69, 9.17) is 0 Å². The van der Waals surface area contributed by atoms with E-state index in [-0.39, 0.29) is 5.41 Å². The molecule has 1 saturated carbocycles. The van der Waals surface area contributed by atoms with Crippen LogP contribution < -0.4 is 0 Å². The van der Waals surface area contributed by atoms with Crippen molar-refractivity contribution in [2.75, 3.05) is 7.05 Å². The molecule has 1 aliphatic rings. The van der Waals surface area contributed by atoms with Gasteiger partial charge in [0.25, 0.3) is 0 Å². The molecule has 0 aromatic heterocycles. The smallest absolute Gasteiger partial charge is 0.222 e. The fraction of sp³-hybridized carbons (Fsp3) is 0.933. The third-order valence-electron chi connectivity index (χ3n) is 4.48. The molecule has 1 unspecified atom stereocenters. The van der Waals surface area contributed by atoms with Crippen LogP contribution in [0.25, 0.3) is 0 Å². The number of hydrogen-bond acceptors (Lipinski definition) is 1. The molecule has 0 radical (unpaired) electrons. The molecule has 1 rings (SSSR count). The van der Waals surface area contributed by atoms with Crippen LogP contribution in [0, 0.1) is 11.3 Å². The summed E-state index contributed by atoms with van der Waals surface area (Å²) in [5.74, 6) is 0.778. The van der Waals surface area contributed by atoms with Gasteiger partial charge in [-0.2, -0.15) is 0 Å². The van der Waals surface area contributed by atoms with Gasteiger partial charge in [-0.05, 0) is 24.2 Å². The predicted molar refractivity (Wildman–Crippen MR) is 72.9 cm³/mol. The Bertz CT molecular complexity index is 248. The van der Waals surface area contributed by atoms with Crippen LogP contribution in [0.5, 0.6) is 0 Å². The molecule has 0 N–H and O–H groups in total. The predicted octanol–water partition coefficient (Wildman–Crippen LogP) is 3.85. The summed E-state index contributed by atoms with van der Waals surface area (Å²) >= 11 is 0. The highest BCUT2D eigenvalue weighted by molar-refractivity contribution is 5.76. The largest absolute Gasteiger partial charge is 0.343 e. The maximum absolute atomic E-state index is 12.2. The SMILES string of the molecule is CC(CC(=O)N(C)C1CCCCC1)C(C)(C)C. The quantitative estimate of drug-likeness (QED) is 0.732. The summed E-state index contributed by atoms with van der Waals surface area (Å²) in [7, 11) is 1.99. The lowest BCUT2D eigenvalue weighted by Gasteiger charge is -2.34. The Labute approximate surface area is 107 Å². The van der Waals surface area contributed by atoms with Crippen LogP contribution in [0.1, 0.15) is 66.2 Å². The van der Waals surface area contributed by atoms with Crippen LogP contribution in [0.3, 0.4) is 0 Å².